The number of hydrogen-bond donors (Lipinski definition) is 1. The Morgan fingerprint density at radius 3 is 2.47 bits per heavy atom. The molecule has 1 saturated carbocycles. The molecule has 1 aliphatic carbocycles. The summed E-state index contributed by atoms with van der Waals surface area (Å²) in [5.74, 6) is 0.822. The first-order valence-electron chi connectivity index (χ1n) is 12.4. The average molecular weight is 487 g/mol. The van der Waals surface area contributed by atoms with Crippen LogP contribution in [0.3, 0.4) is 0 Å². The maximum absolute atomic E-state index is 13.2. The molecule has 2 fully saturated rings. The van der Waals surface area contributed by atoms with E-state index in [2.05, 4.69) is 26.1 Å². The number of amides is 1. The van der Waals surface area contributed by atoms with Gasteiger partial charge in [0.1, 0.15) is 12.7 Å². The largest absolute Gasteiger partial charge is 0.422 e. The van der Waals surface area contributed by atoms with E-state index in [4.69, 9.17) is 9.57 Å². The lowest BCUT2D eigenvalue weighted by Crippen LogP contribution is -2.50. The van der Waals surface area contributed by atoms with E-state index < -0.39 is 11.7 Å². The summed E-state index contributed by atoms with van der Waals surface area (Å²) in [6.45, 7) is 8.74. The standard InChI is InChI=1S/C21H29F3N3O3.C4H10/c1-29-27-13-16(21(22,23)24)10-15-12-26(7-4-19(15)27)20(28)14-2-3-18(11-14)25-17-5-8-30-9-6-17;1-4(2)3/h10,13-14,17-18,25H,2-9,11-12H2,1H3;4H,1-3H3/q+1;. The molecule has 0 spiro atoms. The average Bonchev–Trinajstić information content (AvgIpc) is 3.25. The molecule has 4 rings (SSSR count). The first kappa shape index (κ1) is 26.7. The maximum atomic E-state index is 13.2. The molecule has 34 heavy (non-hydrogen) atoms. The Bertz CT molecular complexity index is 823. The smallest absolute Gasteiger partial charge is 0.381 e. The number of aromatic nitrogens is 1. The van der Waals surface area contributed by atoms with Crippen LogP contribution in [0, 0.1) is 11.8 Å². The van der Waals surface area contributed by atoms with Gasteiger partial charge in [-0.2, -0.15) is 13.2 Å². The summed E-state index contributed by atoms with van der Waals surface area (Å²) in [7, 11) is 1.35. The van der Waals surface area contributed by atoms with Crippen molar-refractivity contribution in [2.45, 2.75) is 84.1 Å². The van der Waals surface area contributed by atoms with Gasteiger partial charge in [0.15, 0.2) is 0 Å². The van der Waals surface area contributed by atoms with Gasteiger partial charge >= 0.3 is 6.18 Å². The molecule has 2 unspecified atom stereocenters. The Balaban J connectivity index is 0.000000751. The Kier molecular flexibility index (Phi) is 9.20. The number of hydrogen-bond acceptors (Lipinski definition) is 4. The molecule has 192 valence electrons. The Morgan fingerprint density at radius 2 is 1.85 bits per heavy atom. The first-order valence-corrected chi connectivity index (χ1v) is 12.4. The minimum Gasteiger partial charge on any atom is -0.381 e. The van der Waals surface area contributed by atoms with Crippen LogP contribution in [0.1, 0.15) is 69.7 Å². The summed E-state index contributed by atoms with van der Waals surface area (Å²) >= 11 is 0. The molecule has 1 N–H and O–H groups in total. The van der Waals surface area contributed by atoms with Crippen molar-refractivity contribution in [1.29, 1.82) is 0 Å². The quantitative estimate of drug-likeness (QED) is 0.662. The third-order valence-corrected chi connectivity index (χ3v) is 6.51. The van der Waals surface area contributed by atoms with Crippen LogP contribution in [-0.2, 0) is 28.7 Å². The van der Waals surface area contributed by atoms with E-state index in [0.29, 0.717) is 36.3 Å². The van der Waals surface area contributed by atoms with Crippen LogP contribution in [0.25, 0.3) is 0 Å². The number of nitrogens with one attached hydrogen (secondary N) is 1. The number of ether oxygens (including phenoxy) is 1. The molecular formula is C25H39F3N3O3+. The minimum atomic E-state index is -4.46. The number of halogens is 3. The van der Waals surface area contributed by atoms with Crippen molar-refractivity contribution >= 4 is 5.91 Å². The first-order chi connectivity index (χ1) is 16.1. The van der Waals surface area contributed by atoms with Gasteiger partial charge in [-0.15, -0.1) is 0 Å². The fourth-order valence-electron chi connectivity index (χ4n) is 4.91. The van der Waals surface area contributed by atoms with Gasteiger partial charge in [-0.05, 0) is 44.1 Å². The van der Waals surface area contributed by atoms with E-state index in [0.717, 1.165) is 63.5 Å². The summed E-state index contributed by atoms with van der Waals surface area (Å²) < 4.78 is 46.3. The van der Waals surface area contributed by atoms with Crippen molar-refractivity contribution in [3.8, 4) is 0 Å². The number of alkyl halides is 3. The van der Waals surface area contributed by atoms with E-state index in [1.165, 1.54) is 11.8 Å². The van der Waals surface area contributed by atoms with Gasteiger partial charge in [-0.25, -0.2) is 0 Å². The van der Waals surface area contributed by atoms with Crippen molar-refractivity contribution in [3.05, 3.63) is 29.1 Å². The van der Waals surface area contributed by atoms with Gasteiger partial charge in [0.25, 0.3) is 0 Å². The zero-order valence-corrected chi connectivity index (χ0v) is 20.8. The Labute approximate surface area is 200 Å². The highest BCUT2D eigenvalue weighted by Gasteiger charge is 2.40. The number of pyridine rings is 1. The number of carbonyl (C=O) groups is 1. The number of nitrogens with zero attached hydrogens (tertiary/aromatic N) is 2. The van der Waals surface area contributed by atoms with Crippen molar-refractivity contribution in [1.82, 2.24) is 10.2 Å². The summed E-state index contributed by atoms with van der Waals surface area (Å²) in [5, 5.41) is 3.66. The fraction of sp³-hybridized carbons (Fsp3) is 0.760. The number of rotatable bonds is 4. The highest BCUT2D eigenvalue weighted by atomic mass is 19.4. The van der Waals surface area contributed by atoms with E-state index in [1.54, 1.807) is 4.90 Å². The van der Waals surface area contributed by atoms with Gasteiger partial charge in [-0.3, -0.25) is 9.63 Å². The van der Waals surface area contributed by atoms with Gasteiger partial charge in [0.2, 0.25) is 17.8 Å². The second kappa shape index (κ2) is 11.7. The van der Waals surface area contributed by atoms with Gasteiger partial charge in [0.05, 0.1) is 13.0 Å². The minimum absolute atomic E-state index is 0.0540. The SMILES string of the molecule is CC(C)C.CO[n+]1cc(C(F)(F)F)cc2c1CCN(C(=O)C1CCC(NC3CCOCC3)C1)C2. The predicted octanol–water partition coefficient (Wildman–Crippen LogP) is 3.54. The van der Waals surface area contributed by atoms with Crippen LogP contribution in [0.4, 0.5) is 13.2 Å². The summed E-state index contributed by atoms with van der Waals surface area (Å²) in [6.07, 6.45) is 1.56. The van der Waals surface area contributed by atoms with Crippen LogP contribution < -0.4 is 14.9 Å². The monoisotopic (exact) mass is 486 g/mol. The van der Waals surface area contributed by atoms with Crippen molar-refractivity contribution in [2.24, 2.45) is 11.8 Å². The molecule has 2 aliphatic heterocycles. The normalized spacial score (nSPS) is 23.4. The van der Waals surface area contributed by atoms with E-state index >= 15 is 0 Å². The topological polar surface area (TPSA) is 54.7 Å². The highest BCUT2D eigenvalue weighted by Crippen LogP contribution is 2.32. The highest BCUT2D eigenvalue weighted by molar-refractivity contribution is 5.79. The number of carbonyl (C=O) groups excluding carboxylic acids is 1. The summed E-state index contributed by atoms with van der Waals surface area (Å²) in [4.78, 5) is 19.9. The molecule has 1 saturated heterocycles. The van der Waals surface area contributed by atoms with Crippen molar-refractivity contribution in [3.63, 3.8) is 0 Å². The third kappa shape index (κ3) is 7.07. The van der Waals surface area contributed by atoms with Crippen molar-refractivity contribution < 1.29 is 32.3 Å². The lowest BCUT2D eigenvalue weighted by molar-refractivity contribution is -0.891. The molecule has 3 heterocycles. The third-order valence-electron chi connectivity index (χ3n) is 6.51. The molecule has 1 aromatic rings. The lowest BCUT2D eigenvalue weighted by atomic mass is 10.00. The summed E-state index contributed by atoms with van der Waals surface area (Å²) in [5.41, 5.74) is 0.431. The molecule has 1 amide bonds. The fourth-order valence-corrected chi connectivity index (χ4v) is 4.91. The Morgan fingerprint density at radius 1 is 1.18 bits per heavy atom. The van der Waals surface area contributed by atoms with Gasteiger partial charge in [-0.1, -0.05) is 20.8 Å². The molecule has 0 bridgehead atoms. The lowest BCUT2D eigenvalue weighted by Gasteiger charge is -2.30. The zero-order chi connectivity index (χ0) is 24.9. The number of fused-ring (bicyclic) bond motifs is 1. The molecule has 3 aliphatic rings. The van der Waals surface area contributed by atoms with Crippen LogP contribution in [0.5, 0.6) is 0 Å². The van der Waals surface area contributed by atoms with Crippen molar-refractivity contribution in [2.75, 3.05) is 26.9 Å². The van der Waals surface area contributed by atoms with Gasteiger partial charge in [0, 0.05) is 48.1 Å². The molecule has 9 heteroatoms. The predicted molar refractivity (Wildman–Crippen MR) is 122 cm³/mol. The van der Waals surface area contributed by atoms with E-state index in [9.17, 15) is 18.0 Å². The molecular weight excluding hydrogens is 447 g/mol. The summed E-state index contributed by atoms with van der Waals surface area (Å²) in [6, 6.07) is 1.92. The maximum Gasteiger partial charge on any atom is 0.422 e. The van der Waals surface area contributed by atoms with Crippen LogP contribution in [-0.4, -0.2) is 49.8 Å². The van der Waals surface area contributed by atoms with Crippen LogP contribution in [0.15, 0.2) is 12.3 Å². The Hall–Kier alpha value is -1.87. The molecule has 6 nitrogen and oxygen atoms in total. The van der Waals surface area contributed by atoms with Crippen LogP contribution in [0.2, 0.25) is 0 Å². The molecule has 1 aromatic heterocycles. The van der Waals surface area contributed by atoms with E-state index in [-0.39, 0.29) is 18.4 Å². The second-order valence-corrected chi connectivity index (χ2v) is 10.2. The molecule has 0 aromatic carbocycles. The second-order valence-electron chi connectivity index (χ2n) is 10.2. The van der Waals surface area contributed by atoms with E-state index in [1.807, 2.05) is 0 Å². The zero-order valence-electron chi connectivity index (χ0n) is 20.8. The van der Waals surface area contributed by atoms with Crippen LogP contribution >= 0.6 is 0 Å². The molecule has 0 radical (unpaired) electrons. The van der Waals surface area contributed by atoms with Gasteiger partial charge < -0.3 is 15.0 Å². The molecule has 2 atom stereocenters.